The molecule has 4 aromatic rings. The number of carbonyl (C=O) groups excluding carboxylic acids is 2. The molecule has 1 aliphatic rings. The Hall–Kier alpha value is -3.75. The summed E-state index contributed by atoms with van der Waals surface area (Å²) < 4.78 is 6.08. The van der Waals surface area contributed by atoms with Crippen LogP contribution in [0.1, 0.15) is 22.1 Å². The van der Waals surface area contributed by atoms with E-state index in [9.17, 15) is 14.7 Å². The molecule has 1 unspecified atom stereocenters. The van der Waals surface area contributed by atoms with E-state index in [1.807, 2.05) is 6.07 Å². The average molecular weight is 478 g/mol. The number of pyridine rings is 1. The highest BCUT2D eigenvalue weighted by molar-refractivity contribution is 7.22. The van der Waals surface area contributed by atoms with Crippen molar-refractivity contribution in [3.63, 3.8) is 0 Å². The number of aliphatic hydroxyl groups excluding tert-OH is 1. The molecular formula is C24H16ClN3O4S. The van der Waals surface area contributed by atoms with Gasteiger partial charge in [-0.2, -0.15) is 0 Å². The monoisotopic (exact) mass is 477 g/mol. The van der Waals surface area contributed by atoms with Crippen LogP contribution in [-0.2, 0) is 4.79 Å². The third-order valence-corrected chi connectivity index (χ3v) is 6.60. The minimum Gasteiger partial charge on any atom is -0.503 e. The zero-order valence-electron chi connectivity index (χ0n) is 17.2. The first-order valence-electron chi connectivity index (χ1n) is 9.90. The van der Waals surface area contributed by atoms with Gasteiger partial charge in [-0.05, 0) is 48.0 Å². The van der Waals surface area contributed by atoms with E-state index < -0.39 is 23.5 Å². The lowest BCUT2D eigenvalue weighted by molar-refractivity contribution is -0.117. The largest absolute Gasteiger partial charge is 0.503 e. The number of hydrogen-bond donors (Lipinski definition) is 1. The van der Waals surface area contributed by atoms with E-state index in [1.54, 1.807) is 61.7 Å². The second-order valence-electron chi connectivity index (χ2n) is 7.27. The molecule has 1 atom stereocenters. The highest BCUT2D eigenvalue weighted by Crippen LogP contribution is 2.44. The van der Waals surface area contributed by atoms with Crippen LogP contribution in [0.15, 0.2) is 78.2 Å². The number of ketones is 1. The summed E-state index contributed by atoms with van der Waals surface area (Å²) in [6, 6.07) is 16.2. The Kier molecular flexibility index (Phi) is 5.32. The molecule has 0 radical (unpaired) electrons. The normalized spacial score (nSPS) is 16.0. The van der Waals surface area contributed by atoms with Gasteiger partial charge in [-0.1, -0.05) is 41.1 Å². The Morgan fingerprint density at radius 1 is 1.15 bits per heavy atom. The number of benzene rings is 2. The third kappa shape index (κ3) is 3.63. The Bertz CT molecular complexity index is 1420. The molecule has 7 nitrogen and oxygen atoms in total. The molecule has 0 fully saturated rings. The summed E-state index contributed by atoms with van der Waals surface area (Å²) in [5.74, 6) is -1.21. The number of fused-ring (bicyclic) bond motifs is 1. The molecule has 2 aromatic carbocycles. The number of carbonyl (C=O) groups is 2. The Labute approximate surface area is 197 Å². The Balaban J connectivity index is 1.67. The summed E-state index contributed by atoms with van der Waals surface area (Å²) >= 11 is 7.33. The van der Waals surface area contributed by atoms with Gasteiger partial charge in [0.1, 0.15) is 11.4 Å². The maximum atomic E-state index is 13.4. The molecule has 0 saturated carbocycles. The number of halogens is 1. The van der Waals surface area contributed by atoms with Crippen LogP contribution in [0, 0.1) is 0 Å². The predicted molar refractivity (Wildman–Crippen MR) is 126 cm³/mol. The van der Waals surface area contributed by atoms with Gasteiger partial charge in [0, 0.05) is 11.2 Å². The van der Waals surface area contributed by atoms with E-state index in [0.717, 1.165) is 4.70 Å². The fourth-order valence-corrected chi connectivity index (χ4v) is 4.90. The first-order chi connectivity index (χ1) is 16.0. The first-order valence-corrected chi connectivity index (χ1v) is 11.1. The van der Waals surface area contributed by atoms with E-state index in [4.69, 9.17) is 16.3 Å². The number of ether oxygens (including phenoxy) is 1. The molecule has 1 amide bonds. The fraction of sp³-hybridized carbons (Fsp3) is 0.0833. The first kappa shape index (κ1) is 21.1. The van der Waals surface area contributed by atoms with Crippen molar-refractivity contribution < 1.29 is 19.4 Å². The van der Waals surface area contributed by atoms with Crippen molar-refractivity contribution in [3.8, 4) is 5.75 Å². The van der Waals surface area contributed by atoms with E-state index in [2.05, 4.69) is 9.97 Å². The molecule has 3 heterocycles. The number of Topliss-reactive ketones (excluding diaryl/α,β-unsaturated/α-hetero) is 1. The molecular weight excluding hydrogens is 462 g/mol. The molecule has 5 rings (SSSR count). The molecule has 1 N–H and O–H groups in total. The number of aromatic nitrogens is 2. The molecule has 9 heteroatoms. The Morgan fingerprint density at radius 3 is 2.64 bits per heavy atom. The van der Waals surface area contributed by atoms with Crippen LogP contribution in [0.2, 0.25) is 5.02 Å². The maximum Gasteiger partial charge on any atom is 0.296 e. The summed E-state index contributed by atoms with van der Waals surface area (Å²) in [6.07, 6.45) is 1.48. The number of methoxy groups -OCH3 is 1. The van der Waals surface area contributed by atoms with Gasteiger partial charge in [-0.25, -0.2) is 4.98 Å². The molecule has 1 aliphatic heterocycles. The fourth-order valence-electron chi connectivity index (χ4n) is 3.75. The van der Waals surface area contributed by atoms with Gasteiger partial charge in [-0.3, -0.25) is 19.5 Å². The zero-order chi connectivity index (χ0) is 23.1. The van der Waals surface area contributed by atoms with Gasteiger partial charge in [0.05, 0.1) is 28.9 Å². The molecule has 164 valence electrons. The van der Waals surface area contributed by atoms with Gasteiger partial charge in [0.15, 0.2) is 10.9 Å². The summed E-state index contributed by atoms with van der Waals surface area (Å²) in [4.78, 5) is 36.7. The SMILES string of the molecule is COc1ccc2nc(N3C(=O)C(O)=C(C(=O)c4ccccn4)C3c3ccc(Cl)cc3)sc2c1. The van der Waals surface area contributed by atoms with Crippen LogP contribution in [0.25, 0.3) is 10.2 Å². The highest BCUT2D eigenvalue weighted by Gasteiger charge is 2.46. The molecule has 0 aliphatic carbocycles. The van der Waals surface area contributed by atoms with Crippen molar-refractivity contribution in [1.29, 1.82) is 0 Å². The van der Waals surface area contributed by atoms with E-state index in [1.165, 1.54) is 22.4 Å². The number of amides is 1. The quantitative estimate of drug-likeness (QED) is 0.400. The van der Waals surface area contributed by atoms with Crippen LogP contribution < -0.4 is 9.64 Å². The molecule has 0 bridgehead atoms. The second kappa shape index (κ2) is 8.31. The number of rotatable bonds is 5. The van der Waals surface area contributed by atoms with Crippen LogP contribution in [-0.4, -0.2) is 33.9 Å². The van der Waals surface area contributed by atoms with Crippen molar-refractivity contribution in [2.45, 2.75) is 6.04 Å². The van der Waals surface area contributed by atoms with E-state index >= 15 is 0 Å². The lowest BCUT2D eigenvalue weighted by Gasteiger charge is -2.24. The smallest absolute Gasteiger partial charge is 0.296 e. The van der Waals surface area contributed by atoms with Crippen molar-refractivity contribution >= 4 is 50.0 Å². The topological polar surface area (TPSA) is 92.6 Å². The predicted octanol–water partition coefficient (Wildman–Crippen LogP) is 5.14. The van der Waals surface area contributed by atoms with Crippen molar-refractivity contribution in [2.24, 2.45) is 0 Å². The van der Waals surface area contributed by atoms with Gasteiger partial charge in [0.2, 0.25) is 5.78 Å². The van der Waals surface area contributed by atoms with Gasteiger partial charge < -0.3 is 9.84 Å². The summed E-state index contributed by atoms with van der Waals surface area (Å²) in [5.41, 5.74) is 1.34. The van der Waals surface area contributed by atoms with Crippen molar-refractivity contribution in [1.82, 2.24) is 9.97 Å². The molecule has 0 saturated heterocycles. The minimum atomic E-state index is -0.897. The Morgan fingerprint density at radius 2 is 1.94 bits per heavy atom. The van der Waals surface area contributed by atoms with Crippen LogP contribution in [0.4, 0.5) is 5.13 Å². The van der Waals surface area contributed by atoms with Crippen molar-refractivity contribution in [2.75, 3.05) is 12.0 Å². The standard InChI is InChI=1S/C24H16ClN3O4S/c1-32-15-9-10-16-18(12-15)33-24(27-16)28-20(13-5-7-14(25)8-6-13)19(22(30)23(28)31)21(29)17-4-2-3-11-26-17/h2-12,20,30H,1H3. The lowest BCUT2D eigenvalue weighted by atomic mass is 9.95. The minimum absolute atomic E-state index is 0.0575. The zero-order valence-corrected chi connectivity index (χ0v) is 18.8. The van der Waals surface area contributed by atoms with Crippen molar-refractivity contribution in [3.05, 3.63) is 94.5 Å². The summed E-state index contributed by atoms with van der Waals surface area (Å²) in [7, 11) is 1.57. The van der Waals surface area contributed by atoms with E-state index in [0.29, 0.717) is 27.0 Å². The highest BCUT2D eigenvalue weighted by atomic mass is 35.5. The van der Waals surface area contributed by atoms with Gasteiger partial charge >= 0.3 is 0 Å². The molecule has 2 aromatic heterocycles. The van der Waals surface area contributed by atoms with Gasteiger partial charge in [-0.15, -0.1) is 0 Å². The molecule has 33 heavy (non-hydrogen) atoms. The number of thiazole rings is 1. The second-order valence-corrected chi connectivity index (χ2v) is 8.71. The maximum absolute atomic E-state index is 13.4. The van der Waals surface area contributed by atoms with Crippen LogP contribution in [0.5, 0.6) is 5.75 Å². The summed E-state index contributed by atoms with van der Waals surface area (Å²) in [6.45, 7) is 0. The number of nitrogens with zero attached hydrogens (tertiary/aromatic N) is 3. The molecule has 0 spiro atoms. The van der Waals surface area contributed by atoms with Gasteiger partial charge in [0.25, 0.3) is 5.91 Å². The van der Waals surface area contributed by atoms with E-state index in [-0.39, 0.29) is 11.3 Å². The number of anilines is 1. The average Bonchev–Trinajstić information content (AvgIpc) is 3.37. The lowest BCUT2D eigenvalue weighted by Crippen LogP contribution is -2.31. The third-order valence-electron chi connectivity index (χ3n) is 5.33. The number of hydrogen-bond acceptors (Lipinski definition) is 7. The number of aliphatic hydroxyl groups is 1. The summed E-state index contributed by atoms with van der Waals surface area (Å²) in [5, 5.41) is 11.7. The van der Waals surface area contributed by atoms with Crippen LogP contribution in [0.3, 0.4) is 0 Å². The van der Waals surface area contributed by atoms with Crippen LogP contribution >= 0.6 is 22.9 Å².